The van der Waals surface area contributed by atoms with Crippen molar-refractivity contribution in [3.8, 4) is 0 Å². The summed E-state index contributed by atoms with van der Waals surface area (Å²) in [7, 11) is 1.22. The molecule has 0 aliphatic heterocycles. The van der Waals surface area contributed by atoms with Crippen LogP contribution in [-0.4, -0.2) is 68.5 Å². The predicted octanol–water partition coefficient (Wildman–Crippen LogP) is 10.3. The molecule has 0 fully saturated rings. The van der Waals surface area contributed by atoms with Gasteiger partial charge in [0.25, 0.3) is 7.82 Å². The first-order valence-electron chi connectivity index (χ1n) is 20.5. The minimum Gasteiger partial charge on any atom is -0.756 e. The molecule has 0 aliphatic rings. The fraction of sp³-hybridized carbons (Fsp3) is 0.786. The van der Waals surface area contributed by atoms with Crippen LogP contribution in [0, 0.1) is 0 Å². The van der Waals surface area contributed by atoms with Crippen LogP contribution in [0.3, 0.4) is 0 Å². The molecule has 0 radical (unpaired) electrons. The Balaban J connectivity index is 4.41. The van der Waals surface area contributed by atoms with E-state index in [2.05, 4.69) is 55.6 Å². The van der Waals surface area contributed by atoms with E-state index in [0.717, 1.165) is 51.4 Å². The average molecular weight is 739 g/mol. The molecule has 0 aromatic heterocycles. The normalized spacial score (nSPS) is 15.0. The Morgan fingerprint density at radius 1 is 0.686 bits per heavy atom. The number of nitrogens with one attached hydrogen (secondary N) is 1. The smallest absolute Gasteiger partial charge is 0.268 e. The molecule has 0 rings (SSSR count). The summed E-state index contributed by atoms with van der Waals surface area (Å²) in [6.07, 6.45) is 41.7. The summed E-state index contributed by atoms with van der Waals surface area (Å²) in [5.74, 6) is -0.219. The number of quaternary nitrogens is 1. The molecule has 0 aliphatic carbocycles. The number of aliphatic hydroxyl groups excluding tert-OH is 1. The Hall–Kier alpha value is -1.54. The van der Waals surface area contributed by atoms with Crippen LogP contribution in [0.1, 0.15) is 162 Å². The molecule has 298 valence electrons. The van der Waals surface area contributed by atoms with Crippen molar-refractivity contribution in [3.63, 3.8) is 0 Å². The van der Waals surface area contributed by atoms with E-state index in [0.29, 0.717) is 17.4 Å². The standard InChI is InChI=1S/C42H79N2O6P/c1-6-8-10-12-14-16-18-19-20-21-22-23-24-25-26-28-30-32-34-36-42(46)43-40(39-50-51(47,48)49-38-37-44(3,4)5)41(45)35-33-31-29-27-17-15-13-11-9-7-2/h9,11,17,19-20,27,33,35,40-41,45H,6-8,10,12-16,18,21-26,28-32,34,36-39H2,1-5H3,(H-,43,46,47,48)/b11-9+,20-19-,27-17+,35-33+. The molecule has 0 saturated carbocycles. The maximum absolute atomic E-state index is 12.8. The van der Waals surface area contributed by atoms with Crippen molar-refractivity contribution in [1.82, 2.24) is 5.32 Å². The highest BCUT2D eigenvalue weighted by Gasteiger charge is 2.23. The van der Waals surface area contributed by atoms with Crippen LogP contribution in [0.15, 0.2) is 48.6 Å². The van der Waals surface area contributed by atoms with Crippen LogP contribution in [0.25, 0.3) is 0 Å². The molecule has 51 heavy (non-hydrogen) atoms. The molecule has 9 heteroatoms. The van der Waals surface area contributed by atoms with Crippen molar-refractivity contribution in [3.05, 3.63) is 48.6 Å². The predicted molar refractivity (Wildman–Crippen MR) is 214 cm³/mol. The number of carbonyl (C=O) groups is 1. The van der Waals surface area contributed by atoms with E-state index in [1.165, 1.54) is 89.9 Å². The molecule has 8 nitrogen and oxygen atoms in total. The van der Waals surface area contributed by atoms with E-state index < -0.39 is 26.6 Å². The number of phosphoric ester groups is 1. The fourth-order valence-corrected chi connectivity index (χ4v) is 6.20. The number of carbonyl (C=O) groups excluding carboxylic acids is 1. The zero-order valence-corrected chi connectivity index (χ0v) is 34.4. The van der Waals surface area contributed by atoms with Gasteiger partial charge in [0, 0.05) is 6.42 Å². The summed E-state index contributed by atoms with van der Waals surface area (Å²) in [5, 5.41) is 13.7. The van der Waals surface area contributed by atoms with E-state index in [1.807, 2.05) is 27.2 Å². The Morgan fingerprint density at radius 2 is 1.16 bits per heavy atom. The van der Waals surface area contributed by atoms with Crippen molar-refractivity contribution < 1.29 is 32.9 Å². The first kappa shape index (κ1) is 49.5. The maximum atomic E-state index is 12.8. The molecule has 0 aromatic rings. The Labute approximate surface area is 314 Å². The number of hydrogen-bond donors (Lipinski definition) is 2. The number of aliphatic hydroxyl groups is 1. The second-order valence-corrected chi connectivity index (χ2v) is 16.3. The lowest BCUT2D eigenvalue weighted by Gasteiger charge is -2.29. The van der Waals surface area contributed by atoms with Crippen molar-refractivity contribution in [2.75, 3.05) is 40.9 Å². The Morgan fingerprint density at radius 3 is 1.69 bits per heavy atom. The molecule has 0 heterocycles. The van der Waals surface area contributed by atoms with E-state index in [4.69, 9.17) is 9.05 Å². The summed E-state index contributed by atoms with van der Waals surface area (Å²) >= 11 is 0. The van der Waals surface area contributed by atoms with Gasteiger partial charge in [-0.2, -0.15) is 0 Å². The van der Waals surface area contributed by atoms with Crippen molar-refractivity contribution in [2.45, 2.75) is 174 Å². The lowest BCUT2D eigenvalue weighted by molar-refractivity contribution is -0.870. The summed E-state index contributed by atoms with van der Waals surface area (Å²) < 4.78 is 23.1. The highest BCUT2D eigenvalue weighted by molar-refractivity contribution is 7.45. The van der Waals surface area contributed by atoms with Gasteiger partial charge in [0.05, 0.1) is 39.9 Å². The van der Waals surface area contributed by atoms with E-state index >= 15 is 0 Å². The number of amides is 1. The van der Waals surface area contributed by atoms with Crippen molar-refractivity contribution in [1.29, 1.82) is 0 Å². The van der Waals surface area contributed by atoms with Crippen molar-refractivity contribution in [2.24, 2.45) is 0 Å². The largest absolute Gasteiger partial charge is 0.756 e. The van der Waals surface area contributed by atoms with E-state index in [-0.39, 0.29) is 12.5 Å². The summed E-state index contributed by atoms with van der Waals surface area (Å²) in [5.41, 5.74) is 0. The Kier molecular flexibility index (Phi) is 33.2. The molecule has 0 spiro atoms. The average Bonchev–Trinajstić information content (AvgIpc) is 3.07. The number of hydrogen-bond acceptors (Lipinski definition) is 6. The SMILES string of the molecule is CC/C=C/CC/C=C/CC/C=C/C(O)C(COP(=O)([O-])OCC[N+](C)(C)C)NC(=O)CCCCCCCCCCC/C=C\CCCCCCCC. The van der Waals surface area contributed by atoms with Gasteiger partial charge in [-0.05, 0) is 64.2 Å². The monoisotopic (exact) mass is 739 g/mol. The highest BCUT2D eigenvalue weighted by atomic mass is 31.2. The number of allylic oxidation sites excluding steroid dienone is 7. The number of phosphoric acid groups is 1. The molecule has 1 amide bonds. The lowest BCUT2D eigenvalue weighted by atomic mass is 10.0. The molecule has 0 bridgehead atoms. The van der Waals surface area contributed by atoms with Gasteiger partial charge in [0.15, 0.2) is 0 Å². The fourth-order valence-electron chi connectivity index (χ4n) is 5.48. The van der Waals surface area contributed by atoms with Crippen molar-refractivity contribution >= 4 is 13.7 Å². The number of likely N-dealkylation sites (N-methyl/N-ethyl adjacent to an activating group) is 1. The second kappa shape index (κ2) is 34.2. The molecular formula is C42H79N2O6P. The van der Waals surface area contributed by atoms with E-state index in [1.54, 1.807) is 6.08 Å². The molecule has 3 unspecified atom stereocenters. The minimum absolute atomic E-state index is 0.0107. The van der Waals surface area contributed by atoms with Gasteiger partial charge < -0.3 is 28.8 Å². The van der Waals surface area contributed by atoms with Crippen LogP contribution < -0.4 is 10.2 Å². The topological polar surface area (TPSA) is 108 Å². The number of rotatable bonds is 36. The van der Waals surface area contributed by atoms with Gasteiger partial charge >= 0.3 is 0 Å². The summed E-state index contributed by atoms with van der Waals surface area (Å²) in [4.78, 5) is 25.2. The second-order valence-electron chi connectivity index (χ2n) is 14.9. The number of nitrogens with zero attached hydrogens (tertiary/aromatic N) is 1. The third kappa shape index (κ3) is 36.6. The zero-order chi connectivity index (χ0) is 37.9. The molecule has 2 N–H and O–H groups in total. The lowest BCUT2D eigenvalue weighted by Crippen LogP contribution is -2.45. The molecular weight excluding hydrogens is 659 g/mol. The minimum atomic E-state index is -4.59. The van der Waals surface area contributed by atoms with Gasteiger partial charge in [0.1, 0.15) is 13.2 Å². The molecule has 0 saturated heterocycles. The zero-order valence-electron chi connectivity index (χ0n) is 33.5. The van der Waals surface area contributed by atoms with E-state index in [9.17, 15) is 19.4 Å². The van der Waals surface area contributed by atoms with Gasteiger partial charge in [-0.15, -0.1) is 0 Å². The molecule has 3 atom stereocenters. The Bertz CT molecular complexity index is 975. The summed E-state index contributed by atoms with van der Waals surface area (Å²) in [6, 6.07) is -0.908. The highest BCUT2D eigenvalue weighted by Crippen LogP contribution is 2.38. The summed E-state index contributed by atoms with van der Waals surface area (Å²) in [6.45, 7) is 4.47. The van der Waals surface area contributed by atoms with Crippen LogP contribution in [0.2, 0.25) is 0 Å². The molecule has 0 aromatic carbocycles. The van der Waals surface area contributed by atoms with Gasteiger partial charge in [-0.25, -0.2) is 0 Å². The van der Waals surface area contributed by atoms with Gasteiger partial charge in [0.2, 0.25) is 5.91 Å². The van der Waals surface area contributed by atoms with Crippen LogP contribution >= 0.6 is 7.82 Å². The van der Waals surface area contributed by atoms with Gasteiger partial charge in [-0.1, -0.05) is 140 Å². The quantitative estimate of drug-likeness (QED) is 0.0287. The third-order valence-corrected chi connectivity index (χ3v) is 9.71. The number of unbranched alkanes of at least 4 members (excludes halogenated alkanes) is 17. The first-order valence-corrected chi connectivity index (χ1v) is 22.0. The van der Waals surface area contributed by atoms with Gasteiger partial charge in [-0.3, -0.25) is 9.36 Å². The van der Waals surface area contributed by atoms with Crippen LogP contribution in [0.4, 0.5) is 0 Å². The first-order chi connectivity index (χ1) is 24.5. The van der Waals surface area contributed by atoms with Crippen LogP contribution in [0.5, 0.6) is 0 Å². The maximum Gasteiger partial charge on any atom is 0.268 e. The third-order valence-electron chi connectivity index (χ3n) is 8.75. The van der Waals surface area contributed by atoms with Crippen LogP contribution in [-0.2, 0) is 18.4 Å².